The molecule has 2 rings (SSSR count). The van der Waals surface area contributed by atoms with Crippen LogP contribution in [0.15, 0.2) is 16.7 Å². The maximum absolute atomic E-state index is 10.9. The van der Waals surface area contributed by atoms with Gasteiger partial charge in [-0.2, -0.15) is 0 Å². The molecule has 2 heterocycles. The van der Waals surface area contributed by atoms with Crippen molar-refractivity contribution in [3.8, 4) is 0 Å². The minimum Gasteiger partial charge on any atom is -0.363 e. The number of nitrogens with one attached hydrogen (secondary N) is 1. The zero-order valence-electron chi connectivity index (χ0n) is 9.93. The van der Waals surface area contributed by atoms with Gasteiger partial charge in [0, 0.05) is 29.8 Å². The summed E-state index contributed by atoms with van der Waals surface area (Å²) < 4.78 is 0.610. The van der Waals surface area contributed by atoms with Crippen molar-refractivity contribution in [3.05, 3.63) is 26.9 Å². The molecule has 1 aliphatic rings. The number of hydrogen-bond acceptors (Lipinski definition) is 5. The second-order valence-electron chi connectivity index (χ2n) is 4.25. The summed E-state index contributed by atoms with van der Waals surface area (Å²) in [7, 11) is 0. The standard InChI is InChI=1S/C11H15BrN4O2/c12-9-7-10(16(17)18)11(14-8-9)13-3-6-15-4-1-2-5-15/h7-8H,1-6H2,(H,13,14). The number of nitro groups is 1. The Morgan fingerprint density at radius 3 is 2.89 bits per heavy atom. The molecule has 1 aromatic rings. The molecule has 1 saturated heterocycles. The van der Waals surface area contributed by atoms with Crippen LogP contribution in [-0.2, 0) is 0 Å². The lowest BCUT2D eigenvalue weighted by Crippen LogP contribution is -2.26. The van der Waals surface area contributed by atoms with Crippen LogP contribution in [-0.4, -0.2) is 41.0 Å². The van der Waals surface area contributed by atoms with E-state index in [0.29, 0.717) is 16.8 Å². The fraction of sp³-hybridized carbons (Fsp3) is 0.545. The van der Waals surface area contributed by atoms with E-state index in [-0.39, 0.29) is 5.69 Å². The molecule has 0 radical (unpaired) electrons. The maximum Gasteiger partial charge on any atom is 0.312 e. The van der Waals surface area contributed by atoms with Gasteiger partial charge in [-0.1, -0.05) is 0 Å². The quantitative estimate of drug-likeness (QED) is 0.666. The van der Waals surface area contributed by atoms with E-state index >= 15 is 0 Å². The lowest BCUT2D eigenvalue weighted by atomic mass is 10.4. The highest BCUT2D eigenvalue weighted by atomic mass is 79.9. The molecular weight excluding hydrogens is 300 g/mol. The molecular formula is C11H15BrN4O2. The van der Waals surface area contributed by atoms with Crippen LogP contribution < -0.4 is 5.32 Å². The molecule has 0 unspecified atom stereocenters. The molecule has 0 bridgehead atoms. The van der Waals surface area contributed by atoms with Crippen molar-refractivity contribution in [2.24, 2.45) is 0 Å². The summed E-state index contributed by atoms with van der Waals surface area (Å²) in [5, 5.41) is 13.9. The Labute approximate surface area is 114 Å². The van der Waals surface area contributed by atoms with Gasteiger partial charge in [0.1, 0.15) is 0 Å². The number of hydrogen-bond donors (Lipinski definition) is 1. The first-order chi connectivity index (χ1) is 8.66. The first-order valence-corrected chi connectivity index (χ1v) is 6.72. The van der Waals surface area contributed by atoms with Gasteiger partial charge in [0.15, 0.2) is 0 Å². The van der Waals surface area contributed by atoms with Crippen molar-refractivity contribution in [1.82, 2.24) is 9.88 Å². The Morgan fingerprint density at radius 1 is 1.50 bits per heavy atom. The normalized spacial score (nSPS) is 15.8. The van der Waals surface area contributed by atoms with Gasteiger partial charge in [0.2, 0.25) is 5.82 Å². The van der Waals surface area contributed by atoms with Gasteiger partial charge in [-0.25, -0.2) is 4.98 Å². The van der Waals surface area contributed by atoms with E-state index in [2.05, 4.69) is 31.1 Å². The van der Waals surface area contributed by atoms with Crippen LogP contribution in [0.4, 0.5) is 11.5 Å². The van der Waals surface area contributed by atoms with Gasteiger partial charge in [-0.3, -0.25) is 10.1 Å². The Kier molecular flexibility index (Phi) is 4.48. The smallest absolute Gasteiger partial charge is 0.312 e. The Bertz CT molecular complexity index is 435. The number of aromatic nitrogens is 1. The largest absolute Gasteiger partial charge is 0.363 e. The fourth-order valence-electron chi connectivity index (χ4n) is 2.04. The highest BCUT2D eigenvalue weighted by Crippen LogP contribution is 2.25. The second kappa shape index (κ2) is 6.10. The van der Waals surface area contributed by atoms with Crippen molar-refractivity contribution in [2.75, 3.05) is 31.5 Å². The lowest BCUT2D eigenvalue weighted by molar-refractivity contribution is -0.384. The molecule has 0 atom stereocenters. The summed E-state index contributed by atoms with van der Waals surface area (Å²) in [4.78, 5) is 16.9. The highest BCUT2D eigenvalue weighted by molar-refractivity contribution is 9.10. The van der Waals surface area contributed by atoms with Gasteiger partial charge in [0.05, 0.1) is 4.92 Å². The number of halogens is 1. The summed E-state index contributed by atoms with van der Waals surface area (Å²) in [6.07, 6.45) is 4.05. The molecule has 0 aromatic carbocycles. The molecule has 7 heteroatoms. The summed E-state index contributed by atoms with van der Waals surface area (Å²) in [5.41, 5.74) is 0.00537. The van der Waals surface area contributed by atoms with Crippen LogP contribution in [0.25, 0.3) is 0 Å². The van der Waals surface area contributed by atoms with Crippen LogP contribution >= 0.6 is 15.9 Å². The van der Waals surface area contributed by atoms with E-state index in [9.17, 15) is 10.1 Å². The number of rotatable bonds is 5. The molecule has 1 N–H and O–H groups in total. The number of likely N-dealkylation sites (tertiary alicyclic amines) is 1. The summed E-state index contributed by atoms with van der Waals surface area (Å²) in [5.74, 6) is 0.336. The average molecular weight is 315 g/mol. The van der Waals surface area contributed by atoms with Crippen LogP contribution in [0.1, 0.15) is 12.8 Å². The minimum absolute atomic E-state index is 0.00537. The van der Waals surface area contributed by atoms with Crippen LogP contribution in [0.2, 0.25) is 0 Å². The molecule has 0 spiro atoms. The van der Waals surface area contributed by atoms with E-state index in [0.717, 1.165) is 19.6 Å². The average Bonchev–Trinajstić information content (AvgIpc) is 2.84. The van der Waals surface area contributed by atoms with Crippen LogP contribution in [0, 0.1) is 10.1 Å². The van der Waals surface area contributed by atoms with Crippen molar-refractivity contribution in [1.29, 1.82) is 0 Å². The predicted octanol–water partition coefficient (Wildman–Crippen LogP) is 2.26. The molecule has 98 valence electrons. The zero-order valence-corrected chi connectivity index (χ0v) is 11.5. The third-order valence-corrected chi connectivity index (χ3v) is 3.38. The SMILES string of the molecule is O=[N+]([O-])c1cc(Br)cnc1NCCN1CCCC1. The Hall–Kier alpha value is -1.21. The highest BCUT2D eigenvalue weighted by Gasteiger charge is 2.16. The number of anilines is 1. The molecule has 18 heavy (non-hydrogen) atoms. The first kappa shape index (κ1) is 13.2. The third-order valence-electron chi connectivity index (χ3n) is 2.95. The Balaban J connectivity index is 1.93. The van der Waals surface area contributed by atoms with Gasteiger partial charge in [-0.05, 0) is 41.9 Å². The molecule has 0 aliphatic carbocycles. The van der Waals surface area contributed by atoms with Crippen LogP contribution in [0.3, 0.4) is 0 Å². The van der Waals surface area contributed by atoms with Gasteiger partial charge < -0.3 is 10.2 Å². The summed E-state index contributed by atoms with van der Waals surface area (Å²) in [6.45, 7) is 3.82. The minimum atomic E-state index is -0.421. The number of nitrogens with zero attached hydrogens (tertiary/aromatic N) is 3. The summed E-state index contributed by atoms with van der Waals surface area (Å²) in [6, 6.07) is 1.46. The van der Waals surface area contributed by atoms with E-state index in [1.54, 1.807) is 6.20 Å². The molecule has 6 nitrogen and oxygen atoms in total. The van der Waals surface area contributed by atoms with Gasteiger partial charge in [-0.15, -0.1) is 0 Å². The fourth-order valence-corrected chi connectivity index (χ4v) is 2.36. The van der Waals surface area contributed by atoms with E-state index in [1.165, 1.54) is 18.9 Å². The van der Waals surface area contributed by atoms with E-state index in [4.69, 9.17) is 0 Å². The van der Waals surface area contributed by atoms with Crippen molar-refractivity contribution >= 4 is 27.4 Å². The molecule has 1 aromatic heterocycles. The van der Waals surface area contributed by atoms with Gasteiger partial charge >= 0.3 is 5.69 Å². The van der Waals surface area contributed by atoms with Gasteiger partial charge in [0.25, 0.3) is 0 Å². The zero-order chi connectivity index (χ0) is 13.0. The number of pyridine rings is 1. The molecule has 0 amide bonds. The van der Waals surface area contributed by atoms with E-state index in [1.807, 2.05) is 0 Å². The third kappa shape index (κ3) is 3.39. The van der Waals surface area contributed by atoms with E-state index < -0.39 is 4.92 Å². The summed E-state index contributed by atoms with van der Waals surface area (Å²) >= 11 is 3.18. The monoisotopic (exact) mass is 314 g/mol. The molecule has 1 fully saturated rings. The predicted molar refractivity (Wildman–Crippen MR) is 72.8 cm³/mol. The van der Waals surface area contributed by atoms with Crippen LogP contribution in [0.5, 0.6) is 0 Å². The van der Waals surface area contributed by atoms with Crippen molar-refractivity contribution in [2.45, 2.75) is 12.8 Å². The second-order valence-corrected chi connectivity index (χ2v) is 5.17. The molecule has 0 saturated carbocycles. The van der Waals surface area contributed by atoms with Crippen molar-refractivity contribution < 1.29 is 4.92 Å². The topological polar surface area (TPSA) is 71.3 Å². The molecule has 1 aliphatic heterocycles. The van der Waals surface area contributed by atoms with Crippen molar-refractivity contribution in [3.63, 3.8) is 0 Å². The maximum atomic E-state index is 10.9. The Morgan fingerprint density at radius 2 is 2.22 bits per heavy atom. The first-order valence-electron chi connectivity index (χ1n) is 5.93. The lowest BCUT2D eigenvalue weighted by Gasteiger charge is -2.14.